The zero-order chi connectivity index (χ0) is 13.0. The number of rotatable bonds is 5. The van der Waals surface area contributed by atoms with E-state index in [0.717, 1.165) is 31.5 Å². The lowest BCUT2D eigenvalue weighted by Crippen LogP contribution is -2.36. The predicted molar refractivity (Wildman–Crippen MR) is 70.3 cm³/mol. The molecule has 1 aliphatic carbocycles. The Hall–Kier alpha value is -0.870. The fraction of sp³-hybridized carbons (Fsp3) is 0.786. The minimum absolute atomic E-state index is 0.0165. The summed E-state index contributed by atoms with van der Waals surface area (Å²) < 4.78 is 7.63. The summed E-state index contributed by atoms with van der Waals surface area (Å²) in [7, 11) is 0. The van der Waals surface area contributed by atoms with Gasteiger partial charge in [0.2, 0.25) is 0 Å². The molecule has 0 saturated heterocycles. The van der Waals surface area contributed by atoms with Crippen molar-refractivity contribution < 1.29 is 9.84 Å². The Bertz CT molecular complexity index is 370. The first-order valence-corrected chi connectivity index (χ1v) is 6.99. The van der Waals surface area contributed by atoms with E-state index < -0.39 is 5.60 Å². The summed E-state index contributed by atoms with van der Waals surface area (Å²) in [4.78, 5) is 4.36. The molecule has 1 aromatic rings. The lowest BCUT2D eigenvalue weighted by molar-refractivity contribution is -0.0149. The first-order chi connectivity index (χ1) is 8.64. The van der Waals surface area contributed by atoms with Crippen molar-refractivity contribution in [2.24, 2.45) is 0 Å². The molecule has 1 atom stereocenters. The lowest BCUT2D eigenvalue weighted by atomic mass is 9.85. The Morgan fingerprint density at radius 2 is 2.17 bits per heavy atom. The molecule has 1 heterocycles. The van der Waals surface area contributed by atoms with Crippen molar-refractivity contribution in [2.75, 3.05) is 6.61 Å². The summed E-state index contributed by atoms with van der Waals surface area (Å²) >= 11 is 0. The molecule has 0 aromatic carbocycles. The van der Waals surface area contributed by atoms with Crippen LogP contribution >= 0.6 is 0 Å². The van der Waals surface area contributed by atoms with Gasteiger partial charge in [0.1, 0.15) is 11.9 Å². The second-order valence-corrected chi connectivity index (χ2v) is 5.30. The molecule has 2 rings (SSSR count). The average Bonchev–Trinajstić information content (AvgIpc) is 2.77. The van der Waals surface area contributed by atoms with Crippen molar-refractivity contribution in [1.82, 2.24) is 9.55 Å². The highest BCUT2D eigenvalue weighted by Crippen LogP contribution is 2.30. The highest BCUT2D eigenvalue weighted by atomic mass is 16.5. The molecule has 4 heteroatoms. The van der Waals surface area contributed by atoms with E-state index in [1.54, 1.807) is 6.20 Å². The zero-order valence-electron chi connectivity index (χ0n) is 11.4. The summed E-state index contributed by atoms with van der Waals surface area (Å²) in [5, 5.41) is 10.6. The molecule has 18 heavy (non-hydrogen) atoms. The van der Waals surface area contributed by atoms with Gasteiger partial charge in [0, 0.05) is 19.0 Å². The van der Waals surface area contributed by atoms with E-state index in [-0.39, 0.29) is 6.10 Å². The summed E-state index contributed by atoms with van der Waals surface area (Å²) in [6.07, 6.45) is 9.00. The second-order valence-electron chi connectivity index (χ2n) is 5.30. The molecule has 0 bridgehead atoms. The largest absolute Gasteiger partial charge is 0.388 e. The molecule has 0 radical (unpaired) electrons. The van der Waals surface area contributed by atoms with Crippen LogP contribution < -0.4 is 0 Å². The highest BCUT2D eigenvalue weighted by Gasteiger charge is 2.30. The number of imidazole rings is 1. The predicted octanol–water partition coefficient (Wildman–Crippen LogP) is 2.68. The van der Waals surface area contributed by atoms with Crippen LogP contribution in [0.2, 0.25) is 0 Å². The number of nitrogens with zero attached hydrogens (tertiary/aromatic N) is 2. The molecule has 1 unspecified atom stereocenters. The molecule has 1 fully saturated rings. The van der Waals surface area contributed by atoms with E-state index >= 15 is 0 Å². The molecule has 0 aliphatic heterocycles. The Labute approximate surface area is 109 Å². The van der Waals surface area contributed by atoms with Crippen LogP contribution in [0.3, 0.4) is 0 Å². The van der Waals surface area contributed by atoms with Crippen molar-refractivity contribution in [3.63, 3.8) is 0 Å². The summed E-state index contributed by atoms with van der Waals surface area (Å²) in [5.41, 5.74) is -0.556. The molecular formula is C14H24N2O2. The van der Waals surface area contributed by atoms with E-state index in [1.807, 2.05) is 24.6 Å². The van der Waals surface area contributed by atoms with Gasteiger partial charge in [0.15, 0.2) is 0 Å². The summed E-state index contributed by atoms with van der Waals surface area (Å²) in [5.74, 6) is 0.913. The Balaban J connectivity index is 2.07. The van der Waals surface area contributed by atoms with E-state index in [9.17, 15) is 5.11 Å². The smallest absolute Gasteiger partial charge is 0.137 e. The van der Waals surface area contributed by atoms with Gasteiger partial charge in [-0.05, 0) is 26.7 Å². The van der Waals surface area contributed by atoms with Crippen LogP contribution in [0.25, 0.3) is 0 Å². The molecule has 0 spiro atoms. The molecule has 102 valence electrons. The molecule has 1 aliphatic rings. The fourth-order valence-electron chi connectivity index (χ4n) is 2.82. The molecule has 1 N–H and O–H groups in total. The first-order valence-electron chi connectivity index (χ1n) is 6.99. The van der Waals surface area contributed by atoms with Crippen LogP contribution in [-0.2, 0) is 11.3 Å². The fourth-order valence-corrected chi connectivity index (χ4v) is 2.82. The van der Waals surface area contributed by atoms with E-state index in [2.05, 4.69) is 4.98 Å². The number of aromatic nitrogens is 2. The van der Waals surface area contributed by atoms with Crippen LogP contribution in [0, 0.1) is 0 Å². The Kier molecular flexibility index (Phi) is 4.40. The van der Waals surface area contributed by atoms with Crippen LogP contribution in [0.1, 0.15) is 57.9 Å². The molecule has 1 aromatic heterocycles. The monoisotopic (exact) mass is 252 g/mol. The number of aliphatic hydroxyl groups is 1. The number of ether oxygens (including phenoxy) is 1. The van der Waals surface area contributed by atoms with Crippen LogP contribution in [-0.4, -0.2) is 26.9 Å². The van der Waals surface area contributed by atoms with Crippen LogP contribution in [0.4, 0.5) is 0 Å². The van der Waals surface area contributed by atoms with Crippen LogP contribution in [0.5, 0.6) is 0 Å². The topological polar surface area (TPSA) is 47.3 Å². The van der Waals surface area contributed by atoms with E-state index in [1.165, 1.54) is 6.42 Å². The SMILES string of the molecule is CCOC(C)c1nccn1CC1(O)CCCCC1. The van der Waals surface area contributed by atoms with Gasteiger partial charge in [0.25, 0.3) is 0 Å². The van der Waals surface area contributed by atoms with E-state index in [0.29, 0.717) is 13.2 Å². The van der Waals surface area contributed by atoms with Gasteiger partial charge in [-0.3, -0.25) is 0 Å². The van der Waals surface area contributed by atoms with Crippen molar-refractivity contribution in [1.29, 1.82) is 0 Å². The minimum Gasteiger partial charge on any atom is -0.388 e. The third kappa shape index (κ3) is 3.12. The normalized spacial score (nSPS) is 20.8. The van der Waals surface area contributed by atoms with Gasteiger partial charge >= 0.3 is 0 Å². The first kappa shape index (κ1) is 13.6. The molecular weight excluding hydrogens is 228 g/mol. The zero-order valence-corrected chi connectivity index (χ0v) is 11.4. The minimum atomic E-state index is -0.556. The number of hydrogen-bond donors (Lipinski definition) is 1. The Morgan fingerprint density at radius 3 is 2.83 bits per heavy atom. The van der Waals surface area contributed by atoms with Crippen molar-refractivity contribution in [3.05, 3.63) is 18.2 Å². The Morgan fingerprint density at radius 1 is 1.44 bits per heavy atom. The maximum Gasteiger partial charge on any atom is 0.137 e. The number of hydrogen-bond acceptors (Lipinski definition) is 3. The van der Waals surface area contributed by atoms with Gasteiger partial charge in [-0.15, -0.1) is 0 Å². The van der Waals surface area contributed by atoms with Gasteiger partial charge in [-0.1, -0.05) is 19.3 Å². The van der Waals surface area contributed by atoms with Crippen LogP contribution in [0.15, 0.2) is 12.4 Å². The quantitative estimate of drug-likeness (QED) is 0.876. The van der Waals surface area contributed by atoms with Gasteiger partial charge in [-0.2, -0.15) is 0 Å². The second kappa shape index (κ2) is 5.85. The van der Waals surface area contributed by atoms with Crippen molar-refractivity contribution in [3.8, 4) is 0 Å². The molecule has 1 saturated carbocycles. The van der Waals surface area contributed by atoms with E-state index in [4.69, 9.17) is 4.74 Å². The standard InChI is InChI=1S/C14H24N2O2/c1-3-18-12(2)13-15-9-10-16(13)11-14(17)7-5-4-6-8-14/h9-10,12,17H,3-8,11H2,1-2H3. The maximum atomic E-state index is 10.6. The van der Waals surface area contributed by atoms with Crippen molar-refractivity contribution in [2.45, 2.75) is 64.2 Å². The summed E-state index contributed by atoms with van der Waals surface area (Å²) in [6, 6.07) is 0. The lowest BCUT2D eigenvalue weighted by Gasteiger charge is -2.33. The van der Waals surface area contributed by atoms with Crippen molar-refractivity contribution >= 4 is 0 Å². The van der Waals surface area contributed by atoms with Gasteiger partial charge in [0.05, 0.1) is 12.1 Å². The maximum absolute atomic E-state index is 10.6. The third-order valence-corrected chi connectivity index (χ3v) is 3.78. The highest BCUT2D eigenvalue weighted by molar-refractivity contribution is 4.98. The molecule has 0 amide bonds. The van der Waals surface area contributed by atoms with Gasteiger partial charge < -0.3 is 14.4 Å². The average molecular weight is 252 g/mol. The summed E-state index contributed by atoms with van der Waals surface area (Å²) in [6.45, 7) is 5.31. The third-order valence-electron chi connectivity index (χ3n) is 3.78. The van der Waals surface area contributed by atoms with Gasteiger partial charge in [-0.25, -0.2) is 4.98 Å². The molecule has 4 nitrogen and oxygen atoms in total.